The molecule has 0 heterocycles. The summed E-state index contributed by atoms with van der Waals surface area (Å²) in [5.74, 6) is 0.554. The molecule has 0 radical (unpaired) electrons. The highest BCUT2D eigenvalue weighted by atomic mass is 35.5. The first-order valence-corrected chi connectivity index (χ1v) is 6.25. The average molecular weight is 276 g/mol. The standard InChI is InChI=1S/C15H14ClNO2/c1-19-14-9-5-2-6-11(14)10-17-15(18)12-7-3-4-8-13(12)16/h2-9H,10H2,1H3,(H,17,18). The highest BCUT2D eigenvalue weighted by Crippen LogP contribution is 2.18. The van der Waals surface area contributed by atoms with Gasteiger partial charge in [0, 0.05) is 12.1 Å². The summed E-state index contributed by atoms with van der Waals surface area (Å²) in [7, 11) is 1.61. The Bertz CT molecular complexity index is 584. The predicted octanol–water partition coefficient (Wildman–Crippen LogP) is 3.28. The van der Waals surface area contributed by atoms with E-state index in [4.69, 9.17) is 16.3 Å². The van der Waals surface area contributed by atoms with Crippen molar-refractivity contribution in [2.75, 3.05) is 7.11 Å². The van der Waals surface area contributed by atoms with Crippen LogP contribution in [0, 0.1) is 0 Å². The molecule has 2 aromatic rings. The van der Waals surface area contributed by atoms with Gasteiger partial charge in [-0.15, -0.1) is 0 Å². The van der Waals surface area contributed by atoms with Gasteiger partial charge in [0.1, 0.15) is 5.75 Å². The van der Waals surface area contributed by atoms with Crippen molar-refractivity contribution in [2.45, 2.75) is 6.54 Å². The van der Waals surface area contributed by atoms with Crippen molar-refractivity contribution in [1.82, 2.24) is 5.32 Å². The molecule has 2 aromatic carbocycles. The van der Waals surface area contributed by atoms with Gasteiger partial charge >= 0.3 is 0 Å². The monoisotopic (exact) mass is 275 g/mol. The maximum Gasteiger partial charge on any atom is 0.253 e. The number of hydrogen-bond donors (Lipinski definition) is 1. The lowest BCUT2D eigenvalue weighted by atomic mass is 10.1. The molecule has 98 valence electrons. The van der Waals surface area contributed by atoms with Crippen LogP contribution in [0.4, 0.5) is 0 Å². The molecule has 0 aliphatic rings. The maximum atomic E-state index is 12.0. The minimum absolute atomic E-state index is 0.198. The van der Waals surface area contributed by atoms with Gasteiger partial charge in [-0.25, -0.2) is 0 Å². The van der Waals surface area contributed by atoms with E-state index in [1.54, 1.807) is 31.4 Å². The van der Waals surface area contributed by atoms with E-state index in [1.165, 1.54) is 0 Å². The molecule has 0 fully saturated rings. The quantitative estimate of drug-likeness (QED) is 0.930. The number of hydrogen-bond acceptors (Lipinski definition) is 2. The molecular weight excluding hydrogens is 262 g/mol. The third-order valence-electron chi connectivity index (χ3n) is 2.75. The Hall–Kier alpha value is -2.00. The first-order valence-electron chi connectivity index (χ1n) is 5.87. The zero-order valence-electron chi connectivity index (χ0n) is 10.5. The molecule has 0 saturated carbocycles. The fraction of sp³-hybridized carbons (Fsp3) is 0.133. The van der Waals surface area contributed by atoms with Gasteiger partial charge < -0.3 is 10.1 Å². The van der Waals surface area contributed by atoms with Gasteiger partial charge in [-0.2, -0.15) is 0 Å². The van der Waals surface area contributed by atoms with Gasteiger partial charge in [0.2, 0.25) is 0 Å². The summed E-state index contributed by atoms with van der Waals surface area (Å²) in [6, 6.07) is 14.5. The number of benzene rings is 2. The summed E-state index contributed by atoms with van der Waals surface area (Å²) >= 11 is 5.97. The predicted molar refractivity (Wildman–Crippen MR) is 75.6 cm³/mol. The van der Waals surface area contributed by atoms with E-state index in [9.17, 15) is 4.79 Å². The second-order valence-electron chi connectivity index (χ2n) is 3.97. The van der Waals surface area contributed by atoms with Crippen molar-refractivity contribution in [3.05, 3.63) is 64.7 Å². The van der Waals surface area contributed by atoms with Crippen LogP contribution in [0.15, 0.2) is 48.5 Å². The topological polar surface area (TPSA) is 38.3 Å². The average Bonchev–Trinajstić information content (AvgIpc) is 2.45. The Morgan fingerprint density at radius 3 is 2.58 bits per heavy atom. The third kappa shape index (κ3) is 3.26. The summed E-state index contributed by atoms with van der Waals surface area (Å²) in [5.41, 5.74) is 1.39. The molecule has 0 unspecified atom stereocenters. The molecule has 4 heteroatoms. The number of carbonyl (C=O) groups is 1. The molecule has 3 nitrogen and oxygen atoms in total. The summed E-state index contributed by atoms with van der Waals surface area (Å²) in [5, 5.41) is 3.27. The van der Waals surface area contributed by atoms with Crippen molar-refractivity contribution in [3.8, 4) is 5.75 Å². The van der Waals surface area contributed by atoms with Crippen molar-refractivity contribution in [3.63, 3.8) is 0 Å². The van der Waals surface area contributed by atoms with Crippen LogP contribution in [0.1, 0.15) is 15.9 Å². The van der Waals surface area contributed by atoms with Crippen molar-refractivity contribution >= 4 is 17.5 Å². The molecule has 0 atom stereocenters. The number of para-hydroxylation sites is 1. The largest absolute Gasteiger partial charge is 0.496 e. The highest BCUT2D eigenvalue weighted by Gasteiger charge is 2.10. The van der Waals surface area contributed by atoms with Gasteiger partial charge in [-0.1, -0.05) is 41.9 Å². The number of amides is 1. The maximum absolute atomic E-state index is 12.0. The molecule has 19 heavy (non-hydrogen) atoms. The van der Waals surface area contributed by atoms with E-state index in [-0.39, 0.29) is 5.91 Å². The Morgan fingerprint density at radius 2 is 1.84 bits per heavy atom. The number of rotatable bonds is 4. The van der Waals surface area contributed by atoms with Crippen LogP contribution >= 0.6 is 11.6 Å². The lowest BCUT2D eigenvalue weighted by Crippen LogP contribution is -2.23. The highest BCUT2D eigenvalue weighted by molar-refractivity contribution is 6.33. The van der Waals surface area contributed by atoms with E-state index in [0.717, 1.165) is 11.3 Å². The van der Waals surface area contributed by atoms with Crippen LogP contribution < -0.4 is 10.1 Å². The van der Waals surface area contributed by atoms with E-state index in [1.807, 2.05) is 24.3 Å². The molecular formula is C15H14ClNO2. The van der Waals surface area contributed by atoms with Gasteiger partial charge in [-0.3, -0.25) is 4.79 Å². The number of ether oxygens (including phenoxy) is 1. The fourth-order valence-electron chi connectivity index (χ4n) is 1.77. The zero-order chi connectivity index (χ0) is 13.7. The lowest BCUT2D eigenvalue weighted by Gasteiger charge is -2.10. The van der Waals surface area contributed by atoms with Crippen LogP contribution in [0.2, 0.25) is 5.02 Å². The first kappa shape index (κ1) is 13.4. The second kappa shape index (κ2) is 6.25. The van der Waals surface area contributed by atoms with E-state index >= 15 is 0 Å². The minimum atomic E-state index is -0.198. The van der Waals surface area contributed by atoms with Gasteiger partial charge in [0.25, 0.3) is 5.91 Å². The number of halogens is 1. The zero-order valence-corrected chi connectivity index (χ0v) is 11.3. The molecule has 2 rings (SSSR count). The Labute approximate surface area is 117 Å². The number of methoxy groups -OCH3 is 1. The first-order chi connectivity index (χ1) is 9.22. The number of carbonyl (C=O) groups excluding carboxylic acids is 1. The fourth-order valence-corrected chi connectivity index (χ4v) is 1.99. The van der Waals surface area contributed by atoms with Crippen molar-refractivity contribution < 1.29 is 9.53 Å². The van der Waals surface area contributed by atoms with Gasteiger partial charge in [-0.05, 0) is 18.2 Å². The Balaban J connectivity index is 2.07. The SMILES string of the molecule is COc1ccccc1CNC(=O)c1ccccc1Cl. The Kier molecular flexibility index (Phi) is 4.42. The molecule has 0 aliphatic carbocycles. The molecule has 0 aromatic heterocycles. The van der Waals surface area contributed by atoms with E-state index in [2.05, 4.69) is 5.32 Å². The molecule has 1 N–H and O–H groups in total. The minimum Gasteiger partial charge on any atom is -0.496 e. The molecule has 0 spiro atoms. The summed E-state index contributed by atoms with van der Waals surface area (Å²) in [4.78, 5) is 12.0. The van der Waals surface area contributed by atoms with Crippen LogP contribution in [-0.2, 0) is 6.54 Å². The van der Waals surface area contributed by atoms with E-state index in [0.29, 0.717) is 17.1 Å². The molecule has 0 saturated heterocycles. The smallest absolute Gasteiger partial charge is 0.253 e. The van der Waals surface area contributed by atoms with Crippen LogP contribution in [0.5, 0.6) is 5.75 Å². The molecule has 0 aliphatic heterocycles. The van der Waals surface area contributed by atoms with Crippen LogP contribution in [0.25, 0.3) is 0 Å². The second-order valence-corrected chi connectivity index (χ2v) is 4.38. The van der Waals surface area contributed by atoms with E-state index < -0.39 is 0 Å². The lowest BCUT2D eigenvalue weighted by molar-refractivity contribution is 0.0951. The summed E-state index contributed by atoms with van der Waals surface area (Å²) in [6.07, 6.45) is 0. The number of nitrogens with one attached hydrogen (secondary N) is 1. The van der Waals surface area contributed by atoms with Gasteiger partial charge in [0.05, 0.1) is 17.7 Å². The summed E-state index contributed by atoms with van der Waals surface area (Å²) < 4.78 is 5.23. The Morgan fingerprint density at radius 1 is 1.16 bits per heavy atom. The molecule has 0 bridgehead atoms. The molecule has 1 amide bonds. The van der Waals surface area contributed by atoms with Crippen LogP contribution in [0.3, 0.4) is 0 Å². The van der Waals surface area contributed by atoms with Crippen molar-refractivity contribution in [1.29, 1.82) is 0 Å². The van der Waals surface area contributed by atoms with Crippen LogP contribution in [-0.4, -0.2) is 13.0 Å². The van der Waals surface area contributed by atoms with Crippen molar-refractivity contribution in [2.24, 2.45) is 0 Å². The third-order valence-corrected chi connectivity index (χ3v) is 3.08. The normalized spacial score (nSPS) is 10.0. The van der Waals surface area contributed by atoms with Gasteiger partial charge in [0.15, 0.2) is 0 Å². The summed E-state index contributed by atoms with van der Waals surface area (Å²) in [6.45, 7) is 0.397.